The third kappa shape index (κ3) is 7.44. The van der Waals surface area contributed by atoms with Gasteiger partial charge in [0.1, 0.15) is 25.9 Å². The second-order valence-corrected chi connectivity index (χ2v) is 2.66. The Labute approximate surface area is 92.8 Å². The molecule has 0 aromatic rings. The summed E-state index contributed by atoms with van der Waals surface area (Å²) in [5.41, 5.74) is 0. The zero-order valence-corrected chi connectivity index (χ0v) is 9.10. The van der Waals surface area contributed by atoms with Gasteiger partial charge in [0.2, 0.25) is 0 Å². The second-order valence-electron chi connectivity index (χ2n) is 2.66. The zero-order valence-electron chi connectivity index (χ0n) is 9.10. The van der Waals surface area contributed by atoms with Crippen molar-refractivity contribution in [2.75, 3.05) is 19.8 Å². The van der Waals surface area contributed by atoms with Gasteiger partial charge in [-0.1, -0.05) is 0 Å². The SMILES string of the molecule is CC#N.CC1COC(=O)O1.O=C1OCCO1. The first-order valence-electron chi connectivity index (χ1n) is 4.54. The molecule has 2 heterocycles. The molecule has 16 heavy (non-hydrogen) atoms. The Morgan fingerprint density at radius 3 is 1.81 bits per heavy atom. The third-order valence-corrected chi connectivity index (χ3v) is 1.26. The van der Waals surface area contributed by atoms with Gasteiger partial charge in [0.05, 0.1) is 6.07 Å². The molecule has 2 aliphatic heterocycles. The van der Waals surface area contributed by atoms with Crippen LogP contribution in [0.15, 0.2) is 0 Å². The van der Waals surface area contributed by atoms with Crippen LogP contribution in [-0.2, 0) is 18.9 Å². The highest BCUT2D eigenvalue weighted by Gasteiger charge is 2.19. The summed E-state index contributed by atoms with van der Waals surface area (Å²) in [6.45, 7) is 4.45. The van der Waals surface area contributed by atoms with Crippen LogP contribution in [0, 0.1) is 11.3 Å². The maximum Gasteiger partial charge on any atom is 0.508 e. The molecule has 0 bridgehead atoms. The highest BCUT2D eigenvalue weighted by molar-refractivity contribution is 5.61. The summed E-state index contributed by atoms with van der Waals surface area (Å²) in [5, 5.41) is 7.32. The maximum atomic E-state index is 10.0. The van der Waals surface area contributed by atoms with Gasteiger partial charge in [0.15, 0.2) is 0 Å². The van der Waals surface area contributed by atoms with E-state index < -0.39 is 12.3 Å². The predicted molar refractivity (Wildman–Crippen MR) is 50.5 cm³/mol. The number of ether oxygens (including phenoxy) is 4. The molecule has 2 fully saturated rings. The van der Waals surface area contributed by atoms with Gasteiger partial charge < -0.3 is 18.9 Å². The maximum absolute atomic E-state index is 10.0. The van der Waals surface area contributed by atoms with Crippen LogP contribution in [0.25, 0.3) is 0 Å². The summed E-state index contributed by atoms with van der Waals surface area (Å²) in [7, 11) is 0. The quantitative estimate of drug-likeness (QED) is 0.578. The van der Waals surface area contributed by atoms with Crippen molar-refractivity contribution in [2.24, 2.45) is 0 Å². The van der Waals surface area contributed by atoms with Crippen molar-refractivity contribution in [3.63, 3.8) is 0 Å². The van der Waals surface area contributed by atoms with E-state index in [1.54, 1.807) is 13.0 Å². The number of hydrogen-bond donors (Lipinski definition) is 0. The van der Waals surface area contributed by atoms with Crippen molar-refractivity contribution in [1.29, 1.82) is 5.26 Å². The lowest BCUT2D eigenvalue weighted by molar-refractivity contribution is 0.121. The molecular weight excluding hydrogens is 218 g/mol. The largest absolute Gasteiger partial charge is 0.508 e. The van der Waals surface area contributed by atoms with Gasteiger partial charge >= 0.3 is 12.3 Å². The van der Waals surface area contributed by atoms with Crippen molar-refractivity contribution >= 4 is 12.3 Å². The average molecular weight is 231 g/mol. The van der Waals surface area contributed by atoms with E-state index in [9.17, 15) is 9.59 Å². The third-order valence-electron chi connectivity index (χ3n) is 1.26. The van der Waals surface area contributed by atoms with Crippen molar-refractivity contribution in [3.05, 3.63) is 0 Å². The van der Waals surface area contributed by atoms with Crippen LogP contribution >= 0.6 is 0 Å². The molecule has 1 unspecified atom stereocenters. The first-order valence-corrected chi connectivity index (χ1v) is 4.54. The molecule has 2 aliphatic rings. The fourth-order valence-electron chi connectivity index (χ4n) is 0.709. The topological polar surface area (TPSA) is 94.8 Å². The molecule has 0 aromatic carbocycles. The van der Waals surface area contributed by atoms with Crippen molar-refractivity contribution in [2.45, 2.75) is 20.0 Å². The lowest BCUT2D eigenvalue weighted by Crippen LogP contribution is -2.01. The Kier molecular flexibility index (Phi) is 7.32. The standard InChI is InChI=1S/C4H6O3.C3H4O3.C2H3N/c1-3-2-6-4(5)7-3;4-3-5-1-2-6-3;1-2-3/h3H,2H2,1H3;1-2H2;1H3. The number of rotatable bonds is 0. The minimum absolute atomic E-state index is 0.0486. The zero-order chi connectivity index (χ0) is 12.4. The van der Waals surface area contributed by atoms with Gasteiger partial charge in [0, 0.05) is 6.92 Å². The number of carbonyl (C=O) groups excluding carboxylic acids is 2. The summed E-state index contributed by atoms with van der Waals surface area (Å²) < 4.78 is 17.5. The summed E-state index contributed by atoms with van der Waals surface area (Å²) in [6, 6.07) is 1.75. The minimum Gasteiger partial charge on any atom is -0.431 e. The predicted octanol–water partition coefficient (Wildman–Crippen LogP) is 1.22. The van der Waals surface area contributed by atoms with Crippen molar-refractivity contribution in [1.82, 2.24) is 0 Å². The Morgan fingerprint density at radius 1 is 1.19 bits per heavy atom. The van der Waals surface area contributed by atoms with Gasteiger partial charge in [-0.05, 0) is 6.92 Å². The molecule has 0 N–H and O–H groups in total. The monoisotopic (exact) mass is 231 g/mol. The summed E-state index contributed by atoms with van der Waals surface area (Å²) in [6.07, 6.45) is -1.14. The normalized spacial score (nSPS) is 20.7. The Balaban J connectivity index is 0.000000230. The van der Waals surface area contributed by atoms with Crippen LogP contribution in [0.2, 0.25) is 0 Å². The molecular formula is C9H13NO6. The van der Waals surface area contributed by atoms with Crippen LogP contribution in [0.5, 0.6) is 0 Å². The summed E-state index contributed by atoms with van der Waals surface area (Å²) in [5.74, 6) is 0. The summed E-state index contributed by atoms with van der Waals surface area (Å²) >= 11 is 0. The fraction of sp³-hybridized carbons (Fsp3) is 0.667. The van der Waals surface area contributed by atoms with E-state index in [0.717, 1.165) is 0 Å². The highest BCUT2D eigenvalue weighted by Crippen LogP contribution is 2.02. The van der Waals surface area contributed by atoms with Crippen molar-refractivity contribution < 1.29 is 28.5 Å². The number of nitriles is 1. The second kappa shape index (κ2) is 8.35. The number of cyclic esters (lactones) is 4. The Hall–Kier alpha value is -1.97. The summed E-state index contributed by atoms with van der Waals surface area (Å²) in [4.78, 5) is 19.8. The lowest BCUT2D eigenvalue weighted by atomic mass is 10.5. The lowest BCUT2D eigenvalue weighted by Gasteiger charge is -1.90. The van der Waals surface area contributed by atoms with Gasteiger partial charge in [-0.2, -0.15) is 5.26 Å². The molecule has 0 spiro atoms. The molecule has 2 saturated heterocycles. The van der Waals surface area contributed by atoms with E-state index in [1.807, 2.05) is 0 Å². The van der Waals surface area contributed by atoms with Gasteiger partial charge in [-0.15, -0.1) is 0 Å². The first kappa shape index (κ1) is 14.0. The van der Waals surface area contributed by atoms with Crippen LogP contribution in [0.1, 0.15) is 13.8 Å². The number of nitrogens with zero attached hydrogens (tertiary/aromatic N) is 1. The highest BCUT2D eigenvalue weighted by atomic mass is 16.8. The van der Waals surface area contributed by atoms with Crippen LogP contribution < -0.4 is 0 Å². The molecule has 90 valence electrons. The molecule has 2 rings (SSSR count). The van der Waals surface area contributed by atoms with E-state index in [2.05, 4.69) is 18.9 Å². The van der Waals surface area contributed by atoms with E-state index >= 15 is 0 Å². The first-order chi connectivity index (χ1) is 7.60. The molecule has 0 radical (unpaired) electrons. The Bertz CT molecular complexity index is 264. The molecule has 7 heteroatoms. The van der Waals surface area contributed by atoms with Crippen LogP contribution in [0.4, 0.5) is 9.59 Å². The fourth-order valence-corrected chi connectivity index (χ4v) is 0.709. The molecule has 0 amide bonds. The smallest absolute Gasteiger partial charge is 0.431 e. The van der Waals surface area contributed by atoms with E-state index in [-0.39, 0.29) is 6.10 Å². The van der Waals surface area contributed by atoms with E-state index in [4.69, 9.17) is 5.26 Å². The van der Waals surface area contributed by atoms with Gasteiger partial charge in [-0.3, -0.25) is 0 Å². The van der Waals surface area contributed by atoms with E-state index in [0.29, 0.717) is 19.8 Å². The van der Waals surface area contributed by atoms with Crippen LogP contribution in [-0.4, -0.2) is 38.2 Å². The molecule has 0 aliphatic carbocycles. The number of carbonyl (C=O) groups is 2. The Morgan fingerprint density at radius 2 is 1.69 bits per heavy atom. The minimum atomic E-state index is -0.549. The molecule has 0 aromatic heterocycles. The van der Waals surface area contributed by atoms with Crippen molar-refractivity contribution in [3.8, 4) is 6.07 Å². The molecule has 7 nitrogen and oxygen atoms in total. The van der Waals surface area contributed by atoms with E-state index in [1.165, 1.54) is 6.92 Å². The average Bonchev–Trinajstić information content (AvgIpc) is 2.80. The van der Waals surface area contributed by atoms with Crippen LogP contribution in [0.3, 0.4) is 0 Å². The molecule has 0 saturated carbocycles. The molecule has 1 atom stereocenters. The van der Waals surface area contributed by atoms with Gasteiger partial charge in [0.25, 0.3) is 0 Å². The van der Waals surface area contributed by atoms with Gasteiger partial charge in [-0.25, -0.2) is 9.59 Å². The number of hydrogen-bond acceptors (Lipinski definition) is 7.